The Morgan fingerprint density at radius 1 is 1.39 bits per heavy atom. The van der Waals surface area contributed by atoms with Crippen molar-refractivity contribution in [3.8, 4) is 0 Å². The predicted octanol–water partition coefficient (Wildman–Crippen LogP) is 2.42. The Morgan fingerprint density at radius 3 is 2.74 bits per heavy atom. The molecule has 2 rings (SSSR count). The molecule has 1 unspecified atom stereocenters. The lowest BCUT2D eigenvalue weighted by Crippen LogP contribution is -2.40. The predicted molar refractivity (Wildman–Crippen MR) is 95.4 cm³/mol. The Balaban J connectivity index is 2.11. The highest BCUT2D eigenvalue weighted by Gasteiger charge is 2.22. The zero-order valence-electron chi connectivity index (χ0n) is 14.2. The van der Waals surface area contributed by atoms with Crippen molar-refractivity contribution >= 4 is 28.7 Å². The molecule has 0 radical (unpaired) electrons. The van der Waals surface area contributed by atoms with E-state index in [-0.39, 0.29) is 24.4 Å². The van der Waals surface area contributed by atoms with Crippen molar-refractivity contribution in [1.29, 1.82) is 0 Å². The van der Waals surface area contributed by atoms with Crippen LogP contribution in [0.2, 0.25) is 0 Å². The summed E-state index contributed by atoms with van der Waals surface area (Å²) in [6.45, 7) is 6.32. The average Bonchev–Trinajstić information content (AvgIpc) is 2.82. The number of aliphatic hydroxyl groups excluding tert-OH is 1. The molecular formula is C17H25N3O2S. The summed E-state index contributed by atoms with van der Waals surface area (Å²) in [6, 6.07) is 7.83. The van der Waals surface area contributed by atoms with Gasteiger partial charge in [-0.1, -0.05) is 32.9 Å². The minimum Gasteiger partial charge on any atom is -0.391 e. The quantitative estimate of drug-likeness (QED) is 0.851. The number of para-hydroxylation sites is 2. The maximum atomic E-state index is 12.3. The largest absolute Gasteiger partial charge is 0.391 e. The van der Waals surface area contributed by atoms with Gasteiger partial charge in [0.25, 0.3) is 0 Å². The highest BCUT2D eigenvalue weighted by atomic mass is 32.2. The van der Waals surface area contributed by atoms with E-state index in [1.165, 1.54) is 0 Å². The standard InChI is InChI=1S/C17H25N3O2S/c1-17(2,3)14(21)9-18-16(22)10-20-13-8-6-5-7-12(13)19-15(20)11-23-4/h5-8,14,21H,9-11H2,1-4H3,(H,18,22). The lowest BCUT2D eigenvalue weighted by Gasteiger charge is -2.26. The van der Waals surface area contributed by atoms with Gasteiger partial charge in [0.15, 0.2) is 0 Å². The third-order valence-corrected chi connectivity index (χ3v) is 4.35. The molecule has 5 nitrogen and oxygen atoms in total. The number of hydrogen-bond donors (Lipinski definition) is 2. The summed E-state index contributed by atoms with van der Waals surface area (Å²) in [4.78, 5) is 16.9. The minimum atomic E-state index is -0.573. The summed E-state index contributed by atoms with van der Waals surface area (Å²) < 4.78 is 1.95. The molecular weight excluding hydrogens is 310 g/mol. The van der Waals surface area contributed by atoms with Crippen molar-refractivity contribution in [2.75, 3.05) is 12.8 Å². The highest BCUT2D eigenvalue weighted by Crippen LogP contribution is 2.20. The zero-order chi connectivity index (χ0) is 17.0. The third-order valence-electron chi connectivity index (χ3n) is 3.80. The summed E-state index contributed by atoms with van der Waals surface area (Å²) in [5.41, 5.74) is 1.61. The summed E-state index contributed by atoms with van der Waals surface area (Å²) >= 11 is 1.68. The van der Waals surface area contributed by atoms with Crippen molar-refractivity contribution in [2.45, 2.75) is 39.2 Å². The van der Waals surface area contributed by atoms with E-state index >= 15 is 0 Å². The van der Waals surface area contributed by atoms with Gasteiger partial charge in [-0.3, -0.25) is 4.79 Å². The van der Waals surface area contributed by atoms with E-state index in [0.717, 1.165) is 22.6 Å². The lowest BCUT2D eigenvalue weighted by molar-refractivity contribution is -0.122. The fourth-order valence-electron chi connectivity index (χ4n) is 2.26. The number of carbonyl (C=O) groups excluding carboxylic acids is 1. The van der Waals surface area contributed by atoms with Crippen molar-refractivity contribution < 1.29 is 9.90 Å². The molecule has 1 aromatic carbocycles. The third kappa shape index (κ3) is 4.48. The Morgan fingerprint density at radius 2 is 2.09 bits per heavy atom. The molecule has 1 heterocycles. The molecule has 1 amide bonds. The molecule has 23 heavy (non-hydrogen) atoms. The first-order valence-electron chi connectivity index (χ1n) is 7.70. The number of rotatable bonds is 6. The Labute approximate surface area is 141 Å². The molecule has 2 aromatic rings. The molecule has 0 spiro atoms. The smallest absolute Gasteiger partial charge is 0.240 e. The number of thioether (sulfide) groups is 1. The Hall–Kier alpha value is -1.53. The number of aromatic nitrogens is 2. The molecule has 126 valence electrons. The van der Waals surface area contributed by atoms with Crippen molar-refractivity contribution in [3.63, 3.8) is 0 Å². The molecule has 6 heteroatoms. The monoisotopic (exact) mass is 335 g/mol. The fraction of sp³-hybridized carbons (Fsp3) is 0.529. The molecule has 0 saturated heterocycles. The number of nitrogens with zero attached hydrogens (tertiary/aromatic N) is 2. The second-order valence-corrected chi connectivity index (χ2v) is 7.59. The minimum absolute atomic E-state index is 0.112. The van der Waals surface area contributed by atoms with Crippen LogP contribution in [0.1, 0.15) is 26.6 Å². The van der Waals surface area contributed by atoms with Crippen LogP contribution in [0.15, 0.2) is 24.3 Å². The van der Waals surface area contributed by atoms with Gasteiger partial charge in [-0.25, -0.2) is 4.98 Å². The van der Waals surface area contributed by atoms with Gasteiger partial charge in [-0.05, 0) is 23.8 Å². The van der Waals surface area contributed by atoms with Crippen LogP contribution < -0.4 is 5.32 Å². The number of fused-ring (bicyclic) bond motifs is 1. The summed E-state index contributed by atoms with van der Waals surface area (Å²) in [7, 11) is 0. The molecule has 0 aliphatic heterocycles. The first-order valence-corrected chi connectivity index (χ1v) is 9.10. The van der Waals surface area contributed by atoms with Crippen LogP contribution in [0.4, 0.5) is 0 Å². The average molecular weight is 335 g/mol. The van der Waals surface area contributed by atoms with Gasteiger partial charge >= 0.3 is 0 Å². The number of nitrogens with one attached hydrogen (secondary N) is 1. The van der Waals surface area contributed by atoms with Crippen LogP contribution in [-0.2, 0) is 17.1 Å². The van der Waals surface area contributed by atoms with Crippen molar-refractivity contribution in [1.82, 2.24) is 14.9 Å². The molecule has 1 atom stereocenters. The van der Waals surface area contributed by atoms with Crippen molar-refractivity contribution in [3.05, 3.63) is 30.1 Å². The second-order valence-electron chi connectivity index (χ2n) is 6.72. The lowest BCUT2D eigenvalue weighted by atomic mass is 9.89. The molecule has 0 aliphatic rings. The van der Waals surface area contributed by atoms with Gasteiger partial charge in [0, 0.05) is 6.54 Å². The van der Waals surface area contributed by atoms with E-state index in [9.17, 15) is 9.90 Å². The molecule has 0 fully saturated rings. The number of aliphatic hydroxyl groups is 1. The van der Waals surface area contributed by atoms with E-state index < -0.39 is 6.10 Å². The Kier molecular flexibility index (Phi) is 5.70. The molecule has 0 saturated carbocycles. The molecule has 0 aliphatic carbocycles. The van der Waals surface area contributed by atoms with Gasteiger partial charge in [-0.15, -0.1) is 0 Å². The van der Waals surface area contributed by atoms with E-state index in [4.69, 9.17) is 0 Å². The normalized spacial score (nSPS) is 13.3. The summed E-state index contributed by atoms with van der Waals surface area (Å²) in [6.07, 6.45) is 1.44. The van der Waals surface area contributed by atoms with E-state index in [0.29, 0.717) is 0 Å². The number of carbonyl (C=O) groups is 1. The van der Waals surface area contributed by atoms with Gasteiger partial charge in [-0.2, -0.15) is 11.8 Å². The molecule has 0 bridgehead atoms. The summed E-state index contributed by atoms with van der Waals surface area (Å²) in [5, 5.41) is 12.9. The maximum Gasteiger partial charge on any atom is 0.240 e. The molecule has 2 N–H and O–H groups in total. The summed E-state index contributed by atoms with van der Waals surface area (Å²) in [5.74, 6) is 1.54. The van der Waals surface area contributed by atoms with Crippen LogP contribution in [0.25, 0.3) is 11.0 Å². The number of imidazole rings is 1. The topological polar surface area (TPSA) is 67.2 Å². The molecule has 1 aromatic heterocycles. The number of hydrogen-bond acceptors (Lipinski definition) is 4. The fourth-order valence-corrected chi connectivity index (χ4v) is 2.74. The van der Waals surface area contributed by atoms with Gasteiger partial charge in [0.1, 0.15) is 12.4 Å². The second kappa shape index (κ2) is 7.36. The van der Waals surface area contributed by atoms with E-state index in [1.54, 1.807) is 11.8 Å². The Bertz CT molecular complexity index is 676. The first kappa shape index (κ1) is 17.8. The van der Waals surface area contributed by atoms with Crippen LogP contribution in [0.3, 0.4) is 0 Å². The maximum absolute atomic E-state index is 12.3. The van der Waals surface area contributed by atoms with Crippen LogP contribution >= 0.6 is 11.8 Å². The van der Waals surface area contributed by atoms with Crippen LogP contribution in [-0.4, -0.2) is 39.5 Å². The van der Waals surface area contributed by atoms with Gasteiger partial charge < -0.3 is 15.0 Å². The van der Waals surface area contributed by atoms with Crippen molar-refractivity contribution in [2.24, 2.45) is 5.41 Å². The zero-order valence-corrected chi connectivity index (χ0v) is 15.0. The first-order chi connectivity index (χ1) is 10.8. The van der Waals surface area contributed by atoms with Gasteiger partial charge in [0.2, 0.25) is 5.91 Å². The van der Waals surface area contributed by atoms with Gasteiger partial charge in [0.05, 0.1) is 22.9 Å². The van der Waals surface area contributed by atoms with E-state index in [1.807, 2.05) is 55.9 Å². The van der Waals surface area contributed by atoms with E-state index in [2.05, 4.69) is 10.3 Å². The van der Waals surface area contributed by atoms with Crippen LogP contribution in [0.5, 0.6) is 0 Å². The van der Waals surface area contributed by atoms with Crippen LogP contribution in [0, 0.1) is 5.41 Å². The number of amides is 1. The SMILES string of the molecule is CSCc1nc2ccccc2n1CC(=O)NCC(O)C(C)(C)C. The number of benzene rings is 1. The highest BCUT2D eigenvalue weighted by molar-refractivity contribution is 7.97.